The van der Waals surface area contributed by atoms with Crippen molar-refractivity contribution in [1.29, 1.82) is 0 Å². The van der Waals surface area contributed by atoms with Gasteiger partial charge in [-0.05, 0) is 90.6 Å². The van der Waals surface area contributed by atoms with Crippen molar-refractivity contribution in [3.63, 3.8) is 0 Å². The Labute approximate surface area is 406 Å². The highest BCUT2D eigenvalue weighted by atomic mass is 19.1. The number of carboxylic acid groups (broad SMARTS) is 1. The standard InChI is InChI=1S/C26H29F2N7O2.C23H22F2N6O3/c1-15(2)31-24(36)17-8-5-7-16(13-17)21-18-14-30-26(37)35(22-19(27)9-6-10-20(22)28)23(18)33-25(32-21)29-11-12-34(3)4;1-30(2)10-9-26-22-28-18(13-5-3-6-14(11-13)21(32)33)15-12-27-23(34)31(20(15)29-22)19-16(24)7-4-8-17(19)25/h5-10,13,15H,11-12,14H2,1-4H3,(H,30,37)(H,31,36)(H,29,32,33);3-8,11H,9-10,12H2,1-2H3,(H,27,34)(H,32,33)(H,26,28,29). The number of likely N-dealkylation sites (N-methyl/N-ethyl adjacent to an activating group) is 2. The van der Waals surface area contributed by atoms with Crippen LogP contribution in [-0.4, -0.2) is 119 Å². The lowest BCUT2D eigenvalue weighted by molar-refractivity contribution is 0.0696. The van der Waals surface area contributed by atoms with Crippen LogP contribution in [0.25, 0.3) is 22.5 Å². The van der Waals surface area contributed by atoms with E-state index in [-0.39, 0.29) is 54.1 Å². The summed E-state index contributed by atoms with van der Waals surface area (Å²) < 4.78 is 58.9. The molecule has 6 aromatic rings. The molecule has 6 N–H and O–H groups in total. The SMILES string of the molecule is CC(C)NC(=O)c1cccc(-c2nc(NCCN(C)C)nc3c2CNC(=O)N3c2c(F)cccc2F)c1.CN(C)CCNc1nc(-c2cccc(C(=O)O)c2)c2c(n1)N(c1c(F)cccc1F)C(=O)NC2. The van der Waals surface area contributed by atoms with Gasteiger partial charge >= 0.3 is 18.0 Å². The molecule has 4 heterocycles. The maximum absolute atomic E-state index is 14.8. The number of fused-ring (bicyclic) bond motifs is 2. The normalized spacial score (nSPS) is 13.0. The number of carbonyl (C=O) groups is 4. The first-order valence-corrected chi connectivity index (χ1v) is 22.3. The van der Waals surface area contributed by atoms with Gasteiger partial charge in [-0.1, -0.05) is 36.4 Å². The summed E-state index contributed by atoms with van der Waals surface area (Å²) in [7, 11) is 7.62. The van der Waals surface area contributed by atoms with E-state index in [2.05, 4.69) is 46.5 Å². The second kappa shape index (κ2) is 22.0. The number of rotatable bonds is 15. The minimum atomic E-state index is -1.11. The van der Waals surface area contributed by atoms with Gasteiger partial charge in [0, 0.05) is 60.0 Å². The number of hydrogen-bond donors (Lipinski definition) is 6. The zero-order valence-electron chi connectivity index (χ0n) is 39.6. The number of carboxylic acids is 1. The smallest absolute Gasteiger partial charge is 0.335 e. The van der Waals surface area contributed by atoms with Crippen molar-refractivity contribution in [2.45, 2.75) is 33.0 Å². The van der Waals surface area contributed by atoms with E-state index in [1.54, 1.807) is 36.4 Å². The number of halogens is 4. The van der Waals surface area contributed by atoms with Crippen molar-refractivity contribution in [3.8, 4) is 22.5 Å². The zero-order chi connectivity index (χ0) is 51.1. The first-order chi connectivity index (χ1) is 33.9. The van der Waals surface area contributed by atoms with Gasteiger partial charge < -0.3 is 41.5 Å². The van der Waals surface area contributed by atoms with Crippen LogP contribution < -0.4 is 36.4 Å². The summed E-state index contributed by atoms with van der Waals surface area (Å²) in [6.45, 7) is 6.04. The molecule has 0 spiro atoms. The highest BCUT2D eigenvalue weighted by Crippen LogP contribution is 2.40. The number of amides is 5. The number of anilines is 6. The summed E-state index contributed by atoms with van der Waals surface area (Å²) in [5.74, 6) is -4.65. The van der Waals surface area contributed by atoms with Crippen LogP contribution in [0.1, 0.15) is 45.7 Å². The largest absolute Gasteiger partial charge is 0.478 e. The molecule has 8 rings (SSSR count). The summed E-state index contributed by atoms with van der Waals surface area (Å²) in [6, 6.07) is 18.2. The van der Waals surface area contributed by atoms with E-state index < -0.39 is 52.7 Å². The van der Waals surface area contributed by atoms with Crippen LogP contribution in [0.3, 0.4) is 0 Å². The quantitative estimate of drug-likeness (QED) is 0.0557. The van der Waals surface area contributed by atoms with Gasteiger partial charge in [0.25, 0.3) is 5.91 Å². The molecule has 22 heteroatoms. The Morgan fingerprint density at radius 1 is 0.634 bits per heavy atom. The van der Waals surface area contributed by atoms with Crippen LogP contribution in [-0.2, 0) is 13.1 Å². The molecule has 0 aliphatic carbocycles. The van der Waals surface area contributed by atoms with Crippen molar-refractivity contribution in [2.24, 2.45) is 0 Å². The fourth-order valence-corrected chi connectivity index (χ4v) is 7.51. The molecule has 0 atom stereocenters. The third-order valence-electron chi connectivity index (χ3n) is 10.8. The van der Waals surface area contributed by atoms with Crippen LogP contribution in [0, 0.1) is 23.3 Å². The topological polar surface area (TPSA) is 213 Å². The monoisotopic (exact) mass is 977 g/mol. The number of carbonyl (C=O) groups excluding carboxylic acids is 3. The zero-order valence-corrected chi connectivity index (χ0v) is 39.6. The van der Waals surface area contributed by atoms with Crippen LogP contribution >= 0.6 is 0 Å². The molecule has 18 nitrogen and oxygen atoms in total. The number of nitrogens with one attached hydrogen (secondary N) is 5. The van der Waals surface area contributed by atoms with Crippen LogP contribution in [0.4, 0.5) is 62.1 Å². The average molecular weight is 978 g/mol. The van der Waals surface area contributed by atoms with E-state index in [0.29, 0.717) is 65.4 Å². The predicted molar refractivity (Wildman–Crippen MR) is 260 cm³/mol. The molecule has 0 radical (unpaired) electrons. The molecule has 0 fully saturated rings. The molecule has 0 unspecified atom stereocenters. The van der Waals surface area contributed by atoms with Crippen molar-refractivity contribution in [3.05, 3.63) is 130 Å². The molecular weight excluding hydrogens is 927 g/mol. The van der Waals surface area contributed by atoms with Crippen LogP contribution in [0.5, 0.6) is 0 Å². The van der Waals surface area contributed by atoms with Gasteiger partial charge in [0.15, 0.2) is 11.6 Å². The summed E-state index contributed by atoms with van der Waals surface area (Å²) >= 11 is 0. The van der Waals surface area contributed by atoms with E-state index >= 15 is 0 Å². The second-order valence-electron chi connectivity index (χ2n) is 17.1. The van der Waals surface area contributed by atoms with E-state index in [9.17, 15) is 41.8 Å². The molecule has 2 aromatic heterocycles. The molecule has 370 valence electrons. The van der Waals surface area contributed by atoms with Crippen molar-refractivity contribution >= 4 is 58.8 Å². The third kappa shape index (κ3) is 11.6. The number of aromatic carboxylic acids is 1. The van der Waals surface area contributed by atoms with E-state index in [1.165, 1.54) is 24.3 Å². The number of nitrogens with zero attached hydrogens (tertiary/aromatic N) is 8. The van der Waals surface area contributed by atoms with Gasteiger partial charge in [-0.2, -0.15) is 9.97 Å². The predicted octanol–water partition coefficient (Wildman–Crippen LogP) is 7.35. The summed E-state index contributed by atoms with van der Waals surface area (Å²) in [5.41, 5.74) is 2.04. The number of para-hydroxylation sites is 2. The summed E-state index contributed by atoms with van der Waals surface area (Å²) in [4.78, 5) is 73.6. The van der Waals surface area contributed by atoms with Gasteiger partial charge in [-0.15, -0.1) is 0 Å². The number of hydrogen-bond acceptors (Lipinski definition) is 12. The minimum Gasteiger partial charge on any atom is -0.478 e. The van der Waals surface area contributed by atoms with E-state index in [1.807, 2.05) is 51.8 Å². The molecule has 0 saturated heterocycles. The van der Waals surface area contributed by atoms with Gasteiger partial charge in [0.05, 0.1) is 30.0 Å². The van der Waals surface area contributed by atoms with Gasteiger partial charge in [-0.25, -0.2) is 51.7 Å². The summed E-state index contributed by atoms with van der Waals surface area (Å²) in [5, 5.41) is 23.7. The Morgan fingerprint density at radius 2 is 1.03 bits per heavy atom. The Hall–Kier alpha value is -8.24. The molecule has 71 heavy (non-hydrogen) atoms. The summed E-state index contributed by atoms with van der Waals surface area (Å²) in [6.07, 6.45) is 0. The lowest BCUT2D eigenvalue weighted by atomic mass is 10.0. The van der Waals surface area contributed by atoms with Crippen LogP contribution in [0.15, 0.2) is 84.9 Å². The lowest BCUT2D eigenvalue weighted by Crippen LogP contribution is -2.43. The molecule has 2 aliphatic rings. The van der Waals surface area contributed by atoms with Crippen LogP contribution in [0.2, 0.25) is 0 Å². The molecule has 4 aromatic carbocycles. The van der Waals surface area contributed by atoms with E-state index in [0.717, 1.165) is 34.1 Å². The third-order valence-corrected chi connectivity index (χ3v) is 10.8. The molecule has 5 amide bonds. The highest BCUT2D eigenvalue weighted by molar-refractivity contribution is 6.03. The van der Waals surface area contributed by atoms with Gasteiger partial charge in [0.2, 0.25) is 11.9 Å². The van der Waals surface area contributed by atoms with Crippen molar-refractivity contribution < 1.29 is 41.8 Å². The average Bonchev–Trinajstić information content (AvgIpc) is 3.32. The van der Waals surface area contributed by atoms with Gasteiger partial charge in [-0.3, -0.25) is 4.79 Å². The fourth-order valence-electron chi connectivity index (χ4n) is 7.51. The Morgan fingerprint density at radius 3 is 1.42 bits per heavy atom. The Balaban J connectivity index is 0.000000209. The number of urea groups is 2. The van der Waals surface area contributed by atoms with E-state index in [4.69, 9.17) is 0 Å². The lowest BCUT2D eigenvalue weighted by Gasteiger charge is -2.30. The number of aromatic nitrogens is 4. The molecule has 0 saturated carbocycles. The molecule has 0 bridgehead atoms. The first kappa shape index (κ1) is 50.6. The van der Waals surface area contributed by atoms with Gasteiger partial charge in [0.1, 0.15) is 34.6 Å². The number of benzene rings is 4. The minimum absolute atomic E-state index is 0.00540. The Kier molecular flexibility index (Phi) is 15.7. The highest BCUT2D eigenvalue weighted by Gasteiger charge is 2.36. The molecular formula is C49H51F4N13O5. The van der Waals surface area contributed by atoms with Crippen molar-refractivity contribution in [2.75, 3.05) is 74.8 Å². The maximum Gasteiger partial charge on any atom is 0.335 e. The fraction of sp³-hybridized carbons (Fsp3) is 0.265. The second-order valence-corrected chi connectivity index (χ2v) is 17.1. The van der Waals surface area contributed by atoms with Crippen molar-refractivity contribution in [1.82, 2.24) is 45.7 Å². The Bertz CT molecular complexity index is 2950. The molecule has 2 aliphatic heterocycles. The first-order valence-electron chi connectivity index (χ1n) is 22.3. The maximum atomic E-state index is 14.8.